The molecule has 7 heteroatoms. The highest BCUT2D eigenvalue weighted by atomic mass is 19.2. The van der Waals surface area contributed by atoms with Crippen LogP contribution in [0.25, 0.3) is 11.4 Å². The van der Waals surface area contributed by atoms with Crippen LogP contribution in [0.3, 0.4) is 0 Å². The zero-order valence-electron chi connectivity index (χ0n) is 10.6. The monoisotopic (exact) mass is 283 g/mol. The van der Waals surface area contributed by atoms with Crippen LogP contribution in [0, 0.1) is 17.5 Å². The summed E-state index contributed by atoms with van der Waals surface area (Å²) < 4.78 is 39.3. The number of aromatic nitrogens is 2. The minimum atomic E-state index is -1.56. The molecule has 20 heavy (non-hydrogen) atoms. The Bertz CT molecular complexity index is 662. The molecule has 0 atom stereocenters. The Balaban J connectivity index is 2.47. The number of aromatic amines is 1. The fraction of sp³-hybridized carbons (Fsp3) is 0.231. The van der Waals surface area contributed by atoms with E-state index in [2.05, 4.69) is 15.3 Å². The lowest BCUT2D eigenvalue weighted by molar-refractivity contribution is 0.447. The van der Waals surface area contributed by atoms with Gasteiger partial charge >= 0.3 is 0 Å². The molecule has 0 aliphatic heterocycles. The molecule has 0 aliphatic carbocycles. The van der Waals surface area contributed by atoms with Gasteiger partial charge in [-0.25, -0.2) is 18.2 Å². The molecule has 0 amide bonds. The number of halogens is 3. The van der Waals surface area contributed by atoms with Gasteiger partial charge in [-0.15, -0.1) is 0 Å². The van der Waals surface area contributed by atoms with Crippen LogP contribution in [0.4, 0.5) is 13.2 Å². The number of hydrogen-bond acceptors (Lipinski definition) is 3. The van der Waals surface area contributed by atoms with Gasteiger partial charge in [-0.1, -0.05) is 6.92 Å². The second-order valence-electron chi connectivity index (χ2n) is 4.12. The number of nitrogens with one attached hydrogen (secondary N) is 2. The SMILES string of the molecule is CCNCc1cc(=O)[nH]c(-c2cc(F)c(F)c(F)c2)n1. The van der Waals surface area contributed by atoms with Crippen LogP contribution in [-0.2, 0) is 6.54 Å². The van der Waals surface area contributed by atoms with Gasteiger partial charge in [0.2, 0.25) is 0 Å². The Hall–Kier alpha value is -2.15. The van der Waals surface area contributed by atoms with E-state index < -0.39 is 23.0 Å². The zero-order valence-corrected chi connectivity index (χ0v) is 10.6. The molecule has 106 valence electrons. The van der Waals surface area contributed by atoms with Crippen molar-refractivity contribution in [1.82, 2.24) is 15.3 Å². The summed E-state index contributed by atoms with van der Waals surface area (Å²) >= 11 is 0. The standard InChI is InChI=1S/C13H12F3N3O/c1-2-17-6-8-5-11(20)19-13(18-8)7-3-9(14)12(16)10(15)4-7/h3-5,17H,2,6H2,1H3,(H,18,19,20). The van der Waals surface area contributed by atoms with E-state index in [0.29, 0.717) is 18.8 Å². The number of hydrogen-bond donors (Lipinski definition) is 2. The fourth-order valence-corrected chi connectivity index (χ4v) is 1.68. The van der Waals surface area contributed by atoms with Gasteiger partial charge in [-0.3, -0.25) is 4.79 Å². The molecule has 0 saturated heterocycles. The van der Waals surface area contributed by atoms with Crippen LogP contribution in [0.1, 0.15) is 12.6 Å². The van der Waals surface area contributed by atoms with Crippen molar-refractivity contribution in [2.24, 2.45) is 0 Å². The predicted molar refractivity (Wildman–Crippen MR) is 67.5 cm³/mol. The van der Waals surface area contributed by atoms with Gasteiger partial charge in [0.25, 0.3) is 5.56 Å². The molecule has 0 fully saturated rings. The Morgan fingerprint density at radius 3 is 2.45 bits per heavy atom. The van der Waals surface area contributed by atoms with Gasteiger partial charge in [0.05, 0.1) is 5.69 Å². The van der Waals surface area contributed by atoms with Crippen molar-refractivity contribution in [2.75, 3.05) is 6.54 Å². The van der Waals surface area contributed by atoms with Crippen molar-refractivity contribution in [3.05, 3.63) is 51.7 Å². The molecule has 2 N–H and O–H groups in total. The van der Waals surface area contributed by atoms with Gasteiger partial charge in [-0.05, 0) is 18.7 Å². The van der Waals surface area contributed by atoms with Crippen LogP contribution in [0.5, 0.6) is 0 Å². The van der Waals surface area contributed by atoms with Gasteiger partial charge in [-0.2, -0.15) is 0 Å². The molecule has 0 spiro atoms. The molecular weight excluding hydrogens is 271 g/mol. The molecule has 1 aromatic carbocycles. The Morgan fingerprint density at radius 2 is 1.85 bits per heavy atom. The van der Waals surface area contributed by atoms with E-state index in [9.17, 15) is 18.0 Å². The molecule has 0 unspecified atom stereocenters. The third-order valence-electron chi connectivity index (χ3n) is 2.61. The molecule has 4 nitrogen and oxygen atoms in total. The highest BCUT2D eigenvalue weighted by Crippen LogP contribution is 2.20. The van der Waals surface area contributed by atoms with Crippen LogP contribution in [0.2, 0.25) is 0 Å². The molecule has 2 aromatic rings. The predicted octanol–water partition coefficient (Wildman–Crippen LogP) is 1.96. The zero-order chi connectivity index (χ0) is 14.7. The average Bonchev–Trinajstić information content (AvgIpc) is 2.41. The second kappa shape index (κ2) is 5.87. The summed E-state index contributed by atoms with van der Waals surface area (Å²) in [4.78, 5) is 17.9. The average molecular weight is 283 g/mol. The Morgan fingerprint density at radius 1 is 1.20 bits per heavy atom. The number of H-pyrrole nitrogens is 1. The minimum Gasteiger partial charge on any atom is -0.311 e. The van der Waals surface area contributed by atoms with E-state index in [1.165, 1.54) is 6.07 Å². The third kappa shape index (κ3) is 3.05. The third-order valence-corrected chi connectivity index (χ3v) is 2.61. The smallest absolute Gasteiger partial charge is 0.251 e. The number of rotatable bonds is 4. The summed E-state index contributed by atoms with van der Waals surface area (Å²) in [6.45, 7) is 2.92. The molecule has 0 bridgehead atoms. The summed E-state index contributed by atoms with van der Waals surface area (Å²) in [7, 11) is 0. The molecule has 1 aromatic heterocycles. The van der Waals surface area contributed by atoms with Crippen molar-refractivity contribution in [2.45, 2.75) is 13.5 Å². The van der Waals surface area contributed by atoms with E-state index >= 15 is 0 Å². The normalized spacial score (nSPS) is 10.8. The van der Waals surface area contributed by atoms with E-state index in [4.69, 9.17) is 0 Å². The maximum absolute atomic E-state index is 13.2. The van der Waals surface area contributed by atoms with Crippen molar-refractivity contribution in [3.63, 3.8) is 0 Å². The van der Waals surface area contributed by atoms with Gasteiger partial charge in [0.15, 0.2) is 17.5 Å². The summed E-state index contributed by atoms with van der Waals surface area (Å²) in [5, 5.41) is 2.98. The topological polar surface area (TPSA) is 57.8 Å². The van der Waals surface area contributed by atoms with Crippen LogP contribution in [-0.4, -0.2) is 16.5 Å². The molecule has 2 rings (SSSR count). The van der Waals surface area contributed by atoms with E-state index in [1.807, 2.05) is 6.92 Å². The molecule has 0 saturated carbocycles. The highest BCUT2D eigenvalue weighted by molar-refractivity contribution is 5.55. The summed E-state index contributed by atoms with van der Waals surface area (Å²) in [6, 6.07) is 2.85. The van der Waals surface area contributed by atoms with E-state index in [0.717, 1.165) is 12.1 Å². The minimum absolute atomic E-state index is 0.0109. The first-order valence-corrected chi connectivity index (χ1v) is 5.97. The second-order valence-corrected chi connectivity index (χ2v) is 4.12. The van der Waals surface area contributed by atoms with Crippen molar-refractivity contribution < 1.29 is 13.2 Å². The number of nitrogens with zero attached hydrogens (tertiary/aromatic N) is 1. The van der Waals surface area contributed by atoms with Crippen LogP contribution >= 0.6 is 0 Å². The Labute approximate surface area is 112 Å². The summed E-state index contributed by atoms with van der Waals surface area (Å²) in [5.74, 6) is -4.23. The van der Waals surface area contributed by atoms with Gasteiger partial charge in [0.1, 0.15) is 5.82 Å². The van der Waals surface area contributed by atoms with Crippen molar-refractivity contribution in [1.29, 1.82) is 0 Å². The summed E-state index contributed by atoms with van der Waals surface area (Å²) in [5.41, 5.74) is -0.0550. The van der Waals surface area contributed by atoms with Gasteiger partial charge < -0.3 is 10.3 Å². The van der Waals surface area contributed by atoms with E-state index in [1.54, 1.807) is 0 Å². The lowest BCUT2D eigenvalue weighted by Crippen LogP contribution is -2.17. The highest BCUT2D eigenvalue weighted by Gasteiger charge is 2.13. The van der Waals surface area contributed by atoms with Gasteiger partial charge in [0, 0.05) is 18.2 Å². The van der Waals surface area contributed by atoms with E-state index in [-0.39, 0.29) is 11.4 Å². The molecule has 0 aliphatic rings. The Kier molecular flexibility index (Phi) is 4.19. The fourth-order valence-electron chi connectivity index (χ4n) is 1.68. The largest absolute Gasteiger partial charge is 0.311 e. The van der Waals surface area contributed by atoms with Crippen molar-refractivity contribution in [3.8, 4) is 11.4 Å². The molecule has 0 radical (unpaired) electrons. The lowest BCUT2D eigenvalue weighted by Gasteiger charge is -2.06. The quantitative estimate of drug-likeness (QED) is 0.843. The van der Waals surface area contributed by atoms with Crippen LogP contribution < -0.4 is 10.9 Å². The first-order chi connectivity index (χ1) is 9.51. The molecular formula is C13H12F3N3O. The van der Waals surface area contributed by atoms with Crippen molar-refractivity contribution >= 4 is 0 Å². The molecule has 1 heterocycles. The maximum atomic E-state index is 13.2. The number of benzene rings is 1. The maximum Gasteiger partial charge on any atom is 0.251 e. The first-order valence-electron chi connectivity index (χ1n) is 5.97. The summed E-state index contributed by atoms with van der Waals surface area (Å²) in [6.07, 6.45) is 0. The first kappa shape index (κ1) is 14.3. The lowest BCUT2D eigenvalue weighted by atomic mass is 10.2. The van der Waals surface area contributed by atoms with Crippen LogP contribution in [0.15, 0.2) is 23.0 Å².